The van der Waals surface area contributed by atoms with Gasteiger partial charge in [0.2, 0.25) is 0 Å². The Balaban J connectivity index is 1.66. The van der Waals surface area contributed by atoms with Gasteiger partial charge in [0.25, 0.3) is 0 Å². The Morgan fingerprint density at radius 3 is 2.75 bits per heavy atom. The Bertz CT molecular complexity index is 441. The minimum Gasteiger partial charge on any atom is -0.379 e. The molecule has 0 aromatic carbocycles. The molecule has 5 nitrogen and oxygen atoms in total. The summed E-state index contributed by atoms with van der Waals surface area (Å²) >= 11 is 0. The van der Waals surface area contributed by atoms with E-state index in [1.807, 2.05) is 0 Å². The van der Waals surface area contributed by atoms with Gasteiger partial charge < -0.3 is 19.7 Å². The van der Waals surface area contributed by atoms with Crippen LogP contribution < -0.4 is 10.2 Å². The van der Waals surface area contributed by atoms with E-state index in [9.17, 15) is 0 Å². The van der Waals surface area contributed by atoms with Crippen molar-refractivity contribution in [1.29, 1.82) is 0 Å². The molecule has 1 aromatic rings. The molecular weight excluding hydrogens is 254 g/mol. The van der Waals surface area contributed by atoms with Crippen LogP contribution in [0.2, 0.25) is 0 Å². The lowest BCUT2D eigenvalue weighted by molar-refractivity contribution is 0.0876. The van der Waals surface area contributed by atoms with Crippen LogP contribution in [0, 0.1) is 6.92 Å². The van der Waals surface area contributed by atoms with E-state index in [1.165, 1.54) is 6.42 Å². The first-order chi connectivity index (χ1) is 9.83. The minimum absolute atomic E-state index is 0.415. The number of pyridine rings is 1. The molecule has 0 spiro atoms. The molecule has 3 rings (SSSR count). The molecule has 3 heterocycles. The Hall–Kier alpha value is -1.33. The van der Waals surface area contributed by atoms with Crippen molar-refractivity contribution >= 4 is 11.5 Å². The molecule has 2 saturated heterocycles. The van der Waals surface area contributed by atoms with Crippen LogP contribution >= 0.6 is 0 Å². The van der Waals surface area contributed by atoms with Crippen molar-refractivity contribution in [3.05, 3.63) is 17.8 Å². The molecule has 0 unspecified atom stereocenters. The monoisotopic (exact) mass is 277 g/mol. The van der Waals surface area contributed by atoms with Crippen molar-refractivity contribution in [3.63, 3.8) is 0 Å². The number of ether oxygens (including phenoxy) is 2. The fourth-order valence-electron chi connectivity index (χ4n) is 2.74. The van der Waals surface area contributed by atoms with E-state index in [4.69, 9.17) is 14.5 Å². The average Bonchev–Trinajstić information content (AvgIpc) is 2.51. The molecule has 2 aliphatic rings. The quantitative estimate of drug-likeness (QED) is 0.913. The lowest BCUT2D eigenvalue weighted by Crippen LogP contribution is -2.37. The molecule has 20 heavy (non-hydrogen) atoms. The van der Waals surface area contributed by atoms with Gasteiger partial charge in [0, 0.05) is 25.7 Å². The van der Waals surface area contributed by atoms with E-state index < -0.39 is 0 Å². The van der Waals surface area contributed by atoms with Crippen molar-refractivity contribution < 1.29 is 9.47 Å². The minimum atomic E-state index is 0.415. The van der Waals surface area contributed by atoms with Crippen LogP contribution in [-0.2, 0) is 9.47 Å². The van der Waals surface area contributed by atoms with Gasteiger partial charge in [-0.05, 0) is 31.9 Å². The molecular formula is C15H23N3O2. The molecule has 0 bridgehead atoms. The van der Waals surface area contributed by atoms with Crippen LogP contribution in [0.5, 0.6) is 0 Å². The standard InChI is InChI=1S/C15H23N3O2/c1-12-14(17-13-3-2-8-20-11-13)4-5-15(16-12)18-6-9-19-10-7-18/h4-5,13,17H,2-3,6-11H2,1H3/t13-/m0/s1. The van der Waals surface area contributed by atoms with Crippen LogP contribution in [0.15, 0.2) is 12.1 Å². The Kier molecular flexibility index (Phi) is 4.38. The average molecular weight is 277 g/mol. The summed E-state index contributed by atoms with van der Waals surface area (Å²) in [4.78, 5) is 7.01. The zero-order valence-electron chi connectivity index (χ0n) is 12.1. The van der Waals surface area contributed by atoms with Crippen LogP contribution in [0.25, 0.3) is 0 Å². The van der Waals surface area contributed by atoms with Crippen molar-refractivity contribution in [2.45, 2.75) is 25.8 Å². The lowest BCUT2D eigenvalue weighted by Gasteiger charge is -2.29. The molecule has 1 atom stereocenters. The second-order valence-corrected chi connectivity index (χ2v) is 5.46. The zero-order valence-corrected chi connectivity index (χ0v) is 12.1. The molecule has 0 saturated carbocycles. The smallest absolute Gasteiger partial charge is 0.129 e. The van der Waals surface area contributed by atoms with Crippen molar-refractivity contribution in [1.82, 2.24) is 4.98 Å². The molecule has 110 valence electrons. The lowest BCUT2D eigenvalue weighted by atomic mass is 10.1. The van der Waals surface area contributed by atoms with Gasteiger partial charge in [-0.2, -0.15) is 0 Å². The number of hydrogen-bond acceptors (Lipinski definition) is 5. The van der Waals surface area contributed by atoms with E-state index in [0.29, 0.717) is 6.04 Å². The summed E-state index contributed by atoms with van der Waals surface area (Å²) in [5, 5.41) is 3.55. The van der Waals surface area contributed by atoms with Crippen molar-refractivity contribution in [3.8, 4) is 0 Å². The fraction of sp³-hybridized carbons (Fsp3) is 0.667. The highest BCUT2D eigenvalue weighted by atomic mass is 16.5. The molecule has 1 N–H and O–H groups in total. The van der Waals surface area contributed by atoms with E-state index in [2.05, 4.69) is 29.3 Å². The number of hydrogen-bond donors (Lipinski definition) is 1. The van der Waals surface area contributed by atoms with E-state index in [0.717, 1.165) is 63.1 Å². The summed E-state index contributed by atoms with van der Waals surface area (Å²) in [6.45, 7) is 7.19. The first kappa shape index (κ1) is 13.6. The van der Waals surface area contributed by atoms with Crippen LogP contribution in [0.1, 0.15) is 18.5 Å². The number of nitrogens with one attached hydrogen (secondary N) is 1. The third-order valence-corrected chi connectivity index (χ3v) is 3.93. The van der Waals surface area contributed by atoms with Gasteiger partial charge in [-0.15, -0.1) is 0 Å². The first-order valence-corrected chi connectivity index (χ1v) is 7.47. The number of aryl methyl sites for hydroxylation is 1. The highest BCUT2D eigenvalue weighted by molar-refractivity contribution is 5.54. The number of rotatable bonds is 3. The molecule has 0 aliphatic carbocycles. The van der Waals surface area contributed by atoms with E-state index in [1.54, 1.807) is 0 Å². The topological polar surface area (TPSA) is 46.6 Å². The van der Waals surface area contributed by atoms with E-state index in [-0.39, 0.29) is 0 Å². The van der Waals surface area contributed by atoms with Gasteiger partial charge in [0.05, 0.1) is 31.2 Å². The van der Waals surface area contributed by atoms with Gasteiger partial charge in [-0.25, -0.2) is 4.98 Å². The maximum absolute atomic E-state index is 5.51. The summed E-state index contributed by atoms with van der Waals surface area (Å²) in [6.07, 6.45) is 2.31. The highest BCUT2D eigenvalue weighted by Crippen LogP contribution is 2.21. The maximum atomic E-state index is 5.51. The normalized spacial score (nSPS) is 23.6. The van der Waals surface area contributed by atoms with E-state index >= 15 is 0 Å². The maximum Gasteiger partial charge on any atom is 0.129 e. The zero-order chi connectivity index (χ0) is 13.8. The Morgan fingerprint density at radius 1 is 1.20 bits per heavy atom. The summed E-state index contributed by atoms with van der Waals surface area (Å²) in [5.74, 6) is 1.05. The number of morpholine rings is 1. The number of anilines is 2. The summed E-state index contributed by atoms with van der Waals surface area (Å²) in [7, 11) is 0. The molecule has 1 aromatic heterocycles. The second kappa shape index (κ2) is 6.41. The third kappa shape index (κ3) is 3.22. The fourth-order valence-corrected chi connectivity index (χ4v) is 2.74. The number of aromatic nitrogens is 1. The predicted molar refractivity (Wildman–Crippen MR) is 79.5 cm³/mol. The van der Waals surface area contributed by atoms with Gasteiger partial charge in [-0.1, -0.05) is 0 Å². The second-order valence-electron chi connectivity index (χ2n) is 5.46. The molecule has 2 fully saturated rings. The van der Waals surface area contributed by atoms with Crippen LogP contribution in [-0.4, -0.2) is 50.5 Å². The van der Waals surface area contributed by atoms with Crippen LogP contribution in [0.3, 0.4) is 0 Å². The predicted octanol–water partition coefficient (Wildman–Crippen LogP) is 1.82. The molecule has 0 radical (unpaired) electrons. The van der Waals surface area contributed by atoms with Crippen molar-refractivity contribution in [2.75, 3.05) is 49.7 Å². The highest BCUT2D eigenvalue weighted by Gasteiger charge is 2.16. The summed E-state index contributed by atoms with van der Waals surface area (Å²) in [5.41, 5.74) is 2.18. The van der Waals surface area contributed by atoms with Gasteiger partial charge in [0.15, 0.2) is 0 Å². The summed E-state index contributed by atoms with van der Waals surface area (Å²) in [6, 6.07) is 4.66. The molecule has 5 heteroatoms. The molecule has 2 aliphatic heterocycles. The molecule has 0 amide bonds. The third-order valence-electron chi connectivity index (χ3n) is 3.93. The number of nitrogens with zero attached hydrogens (tertiary/aromatic N) is 2. The largest absolute Gasteiger partial charge is 0.379 e. The van der Waals surface area contributed by atoms with Crippen molar-refractivity contribution in [2.24, 2.45) is 0 Å². The van der Waals surface area contributed by atoms with Crippen LogP contribution in [0.4, 0.5) is 11.5 Å². The van der Waals surface area contributed by atoms with Gasteiger partial charge in [-0.3, -0.25) is 0 Å². The summed E-state index contributed by atoms with van der Waals surface area (Å²) < 4.78 is 10.9. The van der Waals surface area contributed by atoms with Gasteiger partial charge >= 0.3 is 0 Å². The van der Waals surface area contributed by atoms with Gasteiger partial charge in [0.1, 0.15) is 5.82 Å². The first-order valence-electron chi connectivity index (χ1n) is 7.47. The Morgan fingerprint density at radius 2 is 2.05 bits per heavy atom. The SMILES string of the molecule is Cc1nc(N2CCOCC2)ccc1N[C@H]1CCCOC1. The Labute approximate surface area is 120 Å².